The van der Waals surface area contributed by atoms with E-state index in [4.69, 9.17) is 4.52 Å². The smallest absolute Gasteiger partial charge is 0.246 e. The summed E-state index contributed by atoms with van der Waals surface area (Å²) in [6.07, 6.45) is 2.73. The molecule has 0 radical (unpaired) electrons. The molecule has 0 aromatic carbocycles. The Morgan fingerprint density at radius 1 is 1.38 bits per heavy atom. The van der Waals surface area contributed by atoms with E-state index in [1.54, 1.807) is 11.8 Å². The Morgan fingerprint density at radius 2 is 2.21 bits per heavy atom. The Morgan fingerprint density at radius 3 is 2.88 bits per heavy atom. The van der Waals surface area contributed by atoms with Gasteiger partial charge < -0.3 is 14.7 Å². The van der Waals surface area contributed by atoms with E-state index in [0.29, 0.717) is 29.9 Å². The molecule has 9 heteroatoms. The molecule has 1 saturated heterocycles. The van der Waals surface area contributed by atoms with Crippen molar-refractivity contribution in [3.05, 3.63) is 17.5 Å². The highest BCUT2D eigenvalue weighted by atomic mass is 32.1. The SMILES string of the molecule is Cc1noc(CN2CCCCC(Nc3nc(C(C)C)ns3)C2=O)n1. The van der Waals surface area contributed by atoms with E-state index >= 15 is 0 Å². The summed E-state index contributed by atoms with van der Waals surface area (Å²) in [6, 6.07) is -0.288. The van der Waals surface area contributed by atoms with E-state index in [9.17, 15) is 4.79 Å². The molecule has 1 fully saturated rings. The highest BCUT2D eigenvalue weighted by Gasteiger charge is 2.29. The maximum absolute atomic E-state index is 12.8. The number of aromatic nitrogens is 4. The molecule has 0 spiro atoms. The zero-order valence-electron chi connectivity index (χ0n) is 14.2. The maximum Gasteiger partial charge on any atom is 0.246 e. The molecule has 2 aromatic heterocycles. The van der Waals surface area contributed by atoms with E-state index in [0.717, 1.165) is 25.1 Å². The van der Waals surface area contributed by atoms with Gasteiger partial charge >= 0.3 is 0 Å². The molecular formula is C15H22N6O2S. The third kappa shape index (κ3) is 3.89. The molecule has 1 aliphatic heterocycles. The first kappa shape index (κ1) is 16.8. The van der Waals surface area contributed by atoms with Crippen molar-refractivity contribution in [2.45, 2.75) is 58.5 Å². The van der Waals surface area contributed by atoms with Gasteiger partial charge in [0.15, 0.2) is 5.82 Å². The molecule has 0 bridgehead atoms. The molecule has 3 rings (SSSR count). The van der Waals surface area contributed by atoms with Crippen LogP contribution >= 0.6 is 11.5 Å². The molecule has 1 atom stereocenters. The lowest BCUT2D eigenvalue weighted by Crippen LogP contribution is -2.41. The molecule has 2 aromatic rings. The number of aryl methyl sites for hydroxylation is 1. The van der Waals surface area contributed by atoms with E-state index in [1.807, 2.05) is 0 Å². The van der Waals surface area contributed by atoms with E-state index in [1.165, 1.54) is 11.5 Å². The summed E-state index contributed by atoms with van der Waals surface area (Å²) in [4.78, 5) is 23.3. The van der Waals surface area contributed by atoms with Crippen molar-refractivity contribution in [2.24, 2.45) is 0 Å². The Hall–Kier alpha value is -2.03. The lowest BCUT2D eigenvalue weighted by atomic mass is 10.1. The highest BCUT2D eigenvalue weighted by molar-refractivity contribution is 7.09. The molecule has 1 amide bonds. The molecule has 130 valence electrons. The minimum atomic E-state index is -0.288. The number of rotatable bonds is 5. The van der Waals surface area contributed by atoms with Crippen molar-refractivity contribution in [3.63, 3.8) is 0 Å². The van der Waals surface area contributed by atoms with Crippen LogP contribution in [0, 0.1) is 6.92 Å². The van der Waals surface area contributed by atoms with Gasteiger partial charge in [-0.3, -0.25) is 4.79 Å². The molecule has 3 heterocycles. The second kappa shape index (κ2) is 7.25. The first-order chi connectivity index (χ1) is 11.5. The van der Waals surface area contributed by atoms with Crippen LogP contribution in [-0.2, 0) is 11.3 Å². The molecule has 0 aliphatic carbocycles. The molecule has 1 N–H and O–H groups in total. The summed E-state index contributed by atoms with van der Waals surface area (Å²) >= 11 is 1.31. The fourth-order valence-corrected chi connectivity index (χ4v) is 3.40. The van der Waals surface area contributed by atoms with Crippen LogP contribution in [0.15, 0.2) is 4.52 Å². The fourth-order valence-electron chi connectivity index (χ4n) is 2.64. The molecular weight excluding hydrogens is 328 g/mol. The highest BCUT2D eigenvalue weighted by Crippen LogP contribution is 2.22. The molecule has 1 aliphatic rings. The van der Waals surface area contributed by atoms with Crippen LogP contribution in [0.4, 0.5) is 5.13 Å². The second-order valence-corrected chi connectivity index (χ2v) is 7.05. The van der Waals surface area contributed by atoms with Gasteiger partial charge in [0.1, 0.15) is 18.4 Å². The van der Waals surface area contributed by atoms with Gasteiger partial charge in [-0.25, -0.2) is 4.98 Å². The number of amides is 1. The lowest BCUT2D eigenvalue weighted by molar-refractivity contribution is -0.132. The summed E-state index contributed by atoms with van der Waals surface area (Å²) in [5.74, 6) is 2.18. The minimum absolute atomic E-state index is 0.0460. The van der Waals surface area contributed by atoms with Gasteiger partial charge in [-0.15, -0.1) is 0 Å². The van der Waals surface area contributed by atoms with Crippen molar-refractivity contribution >= 4 is 22.6 Å². The van der Waals surface area contributed by atoms with Crippen LogP contribution in [0.2, 0.25) is 0 Å². The molecule has 24 heavy (non-hydrogen) atoms. The average molecular weight is 350 g/mol. The maximum atomic E-state index is 12.8. The second-order valence-electron chi connectivity index (χ2n) is 6.30. The zero-order valence-corrected chi connectivity index (χ0v) is 15.0. The molecule has 0 saturated carbocycles. The van der Waals surface area contributed by atoms with Crippen LogP contribution in [0.1, 0.15) is 56.6 Å². The van der Waals surface area contributed by atoms with Crippen LogP contribution < -0.4 is 5.32 Å². The number of nitrogens with one attached hydrogen (secondary N) is 1. The van der Waals surface area contributed by atoms with E-state index in [-0.39, 0.29) is 17.9 Å². The van der Waals surface area contributed by atoms with Crippen molar-refractivity contribution in [2.75, 3.05) is 11.9 Å². The van der Waals surface area contributed by atoms with E-state index in [2.05, 4.69) is 38.7 Å². The van der Waals surface area contributed by atoms with Gasteiger partial charge in [0, 0.05) is 24.0 Å². The predicted octanol–water partition coefficient (Wildman–Crippen LogP) is 2.35. The normalized spacial score (nSPS) is 18.9. The van der Waals surface area contributed by atoms with Crippen molar-refractivity contribution in [3.8, 4) is 0 Å². The number of carbonyl (C=O) groups is 1. The number of anilines is 1. The van der Waals surface area contributed by atoms with Gasteiger partial charge in [0.25, 0.3) is 0 Å². The summed E-state index contributed by atoms with van der Waals surface area (Å²) in [5.41, 5.74) is 0. The van der Waals surface area contributed by atoms with Crippen LogP contribution in [-0.4, -0.2) is 42.9 Å². The largest absolute Gasteiger partial charge is 0.349 e. The first-order valence-corrected chi connectivity index (χ1v) is 8.98. The molecule has 8 nitrogen and oxygen atoms in total. The summed E-state index contributed by atoms with van der Waals surface area (Å²) in [5, 5.41) is 7.74. The summed E-state index contributed by atoms with van der Waals surface area (Å²) < 4.78 is 9.47. The van der Waals surface area contributed by atoms with Gasteiger partial charge in [-0.2, -0.15) is 9.36 Å². The lowest BCUT2D eigenvalue weighted by Gasteiger charge is -2.23. The number of hydrogen-bond donors (Lipinski definition) is 1. The van der Waals surface area contributed by atoms with E-state index < -0.39 is 0 Å². The predicted molar refractivity (Wildman–Crippen MR) is 89.7 cm³/mol. The third-order valence-electron chi connectivity index (χ3n) is 3.93. The van der Waals surface area contributed by atoms with Crippen LogP contribution in [0.3, 0.4) is 0 Å². The first-order valence-electron chi connectivity index (χ1n) is 8.21. The number of nitrogens with zero attached hydrogens (tertiary/aromatic N) is 5. The van der Waals surface area contributed by atoms with Gasteiger partial charge in [-0.05, 0) is 26.2 Å². The number of hydrogen-bond acceptors (Lipinski definition) is 8. The van der Waals surface area contributed by atoms with Crippen LogP contribution in [0.25, 0.3) is 0 Å². The Labute approximate surface area is 144 Å². The number of likely N-dealkylation sites (tertiary alicyclic amines) is 1. The topological polar surface area (TPSA) is 97.0 Å². The third-order valence-corrected chi connectivity index (χ3v) is 4.59. The van der Waals surface area contributed by atoms with Gasteiger partial charge in [0.2, 0.25) is 16.9 Å². The van der Waals surface area contributed by atoms with Crippen molar-refractivity contribution in [1.82, 2.24) is 24.4 Å². The fraction of sp³-hybridized carbons (Fsp3) is 0.667. The Bertz CT molecular complexity index is 698. The summed E-state index contributed by atoms with van der Waals surface area (Å²) in [7, 11) is 0. The quantitative estimate of drug-likeness (QED) is 0.884. The Kier molecular flexibility index (Phi) is 5.08. The number of carbonyl (C=O) groups excluding carboxylic acids is 1. The minimum Gasteiger partial charge on any atom is -0.349 e. The summed E-state index contributed by atoms with van der Waals surface area (Å²) in [6.45, 7) is 6.92. The van der Waals surface area contributed by atoms with Crippen molar-refractivity contribution in [1.29, 1.82) is 0 Å². The molecule has 1 unspecified atom stereocenters. The van der Waals surface area contributed by atoms with Gasteiger partial charge in [0.05, 0.1) is 0 Å². The monoisotopic (exact) mass is 350 g/mol. The van der Waals surface area contributed by atoms with Crippen LogP contribution in [0.5, 0.6) is 0 Å². The van der Waals surface area contributed by atoms with Crippen molar-refractivity contribution < 1.29 is 9.32 Å². The standard InChI is InChI=1S/C15H22N6O2S/c1-9(2)13-18-15(24-20-13)17-11-6-4-5-7-21(14(11)22)8-12-16-10(3)19-23-12/h9,11H,4-8H2,1-3H3,(H,17,18,20). The zero-order chi connectivity index (χ0) is 17.1. The average Bonchev–Trinajstić information content (AvgIpc) is 3.13. The van der Waals surface area contributed by atoms with Gasteiger partial charge in [-0.1, -0.05) is 19.0 Å². The Balaban J connectivity index is 1.68.